The summed E-state index contributed by atoms with van der Waals surface area (Å²) in [6.07, 6.45) is 3.03. The second-order valence-corrected chi connectivity index (χ2v) is 6.96. The van der Waals surface area contributed by atoms with Crippen molar-refractivity contribution >= 4 is 28.3 Å². The number of rotatable bonds is 3. The number of benzene rings is 2. The first-order valence-corrected chi connectivity index (χ1v) is 9.22. The van der Waals surface area contributed by atoms with Crippen molar-refractivity contribution in [3.8, 4) is 11.3 Å². The first kappa shape index (κ1) is 17.5. The quantitative estimate of drug-likeness (QED) is 0.456. The van der Waals surface area contributed by atoms with E-state index in [1.165, 1.54) is 27.5 Å². The van der Waals surface area contributed by atoms with Crippen molar-refractivity contribution in [2.75, 3.05) is 0 Å². The first-order chi connectivity index (χ1) is 14.1. The predicted molar refractivity (Wildman–Crippen MR) is 108 cm³/mol. The van der Waals surface area contributed by atoms with Gasteiger partial charge in [-0.05, 0) is 29.8 Å². The lowest BCUT2D eigenvalue weighted by molar-refractivity contribution is 0.623. The fourth-order valence-electron chi connectivity index (χ4n) is 3.42. The molecule has 0 N–H and O–H groups in total. The van der Waals surface area contributed by atoms with E-state index in [0.29, 0.717) is 38.5 Å². The van der Waals surface area contributed by atoms with Gasteiger partial charge in [0.25, 0.3) is 11.3 Å². The average Bonchev–Trinajstić information content (AvgIpc) is 3.18. The summed E-state index contributed by atoms with van der Waals surface area (Å²) >= 11 is 6.43. The minimum Gasteiger partial charge on any atom is -0.310 e. The molecular formula is C21H13ClFN5O. The lowest BCUT2D eigenvalue weighted by Crippen LogP contribution is -2.22. The van der Waals surface area contributed by atoms with Gasteiger partial charge in [0.2, 0.25) is 0 Å². The van der Waals surface area contributed by atoms with Gasteiger partial charge >= 0.3 is 0 Å². The minimum absolute atomic E-state index is 0.226. The minimum atomic E-state index is -0.348. The zero-order valence-electron chi connectivity index (χ0n) is 15.0. The molecule has 5 rings (SSSR count). The third kappa shape index (κ3) is 2.96. The van der Waals surface area contributed by atoms with E-state index in [2.05, 4.69) is 15.1 Å². The van der Waals surface area contributed by atoms with Gasteiger partial charge < -0.3 is 4.57 Å². The molecule has 0 radical (unpaired) electrons. The number of fused-ring (bicyclic) bond motifs is 2. The summed E-state index contributed by atoms with van der Waals surface area (Å²) < 4.78 is 16.6. The van der Waals surface area contributed by atoms with E-state index in [-0.39, 0.29) is 17.9 Å². The molecule has 2 aromatic carbocycles. The van der Waals surface area contributed by atoms with Gasteiger partial charge in [-0.3, -0.25) is 4.79 Å². The third-order valence-corrected chi connectivity index (χ3v) is 5.04. The maximum absolute atomic E-state index is 13.6. The molecule has 29 heavy (non-hydrogen) atoms. The van der Waals surface area contributed by atoms with E-state index in [9.17, 15) is 9.18 Å². The van der Waals surface area contributed by atoms with Crippen molar-refractivity contribution in [1.82, 2.24) is 24.1 Å². The highest BCUT2D eigenvalue weighted by Crippen LogP contribution is 2.31. The molecule has 8 heteroatoms. The van der Waals surface area contributed by atoms with Crippen LogP contribution in [-0.4, -0.2) is 24.1 Å². The molecular weight excluding hydrogens is 393 g/mol. The van der Waals surface area contributed by atoms with E-state index >= 15 is 0 Å². The largest absolute Gasteiger partial charge is 0.310 e. The fraction of sp³-hybridized carbons (Fsp3) is 0.0476. The summed E-state index contributed by atoms with van der Waals surface area (Å²) in [5.74, 6) is 0.0220. The fourth-order valence-corrected chi connectivity index (χ4v) is 3.65. The highest BCUT2D eigenvalue weighted by molar-refractivity contribution is 6.33. The van der Waals surface area contributed by atoms with Crippen molar-refractivity contribution < 1.29 is 4.39 Å². The first-order valence-electron chi connectivity index (χ1n) is 8.84. The van der Waals surface area contributed by atoms with Crippen LogP contribution in [0.4, 0.5) is 4.39 Å². The third-order valence-electron chi connectivity index (χ3n) is 4.71. The maximum Gasteiger partial charge on any atom is 0.262 e. The van der Waals surface area contributed by atoms with Crippen LogP contribution in [0.1, 0.15) is 5.56 Å². The van der Waals surface area contributed by atoms with Crippen molar-refractivity contribution in [3.05, 3.63) is 93.9 Å². The van der Waals surface area contributed by atoms with Crippen molar-refractivity contribution in [2.45, 2.75) is 6.54 Å². The Bertz CT molecular complexity index is 1440. The second kappa shape index (κ2) is 6.79. The summed E-state index contributed by atoms with van der Waals surface area (Å²) in [5, 5.41) is 5.09. The smallest absolute Gasteiger partial charge is 0.262 e. The highest BCUT2D eigenvalue weighted by atomic mass is 35.5. The van der Waals surface area contributed by atoms with E-state index in [1.807, 2.05) is 18.2 Å². The number of nitrogens with zero attached hydrogens (tertiary/aromatic N) is 5. The average molecular weight is 406 g/mol. The molecule has 3 heterocycles. The van der Waals surface area contributed by atoms with E-state index in [1.54, 1.807) is 30.5 Å². The number of pyridine rings is 1. The van der Waals surface area contributed by atoms with Gasteiger partial charge in [0, 0.05) is 16.8 Å². The van der Waals surface area contributed by atoms with Crippen LogP contribution >= 0.6 is 11.6 Å². The van der Waals surface area contributed by atoms with Crippen LogP contribution in [0.2, 0.25) is 5.02 Å². The molecule has 0 aliphatic carbocycles. The topological polar surface area (TPSA) is 65.1 Å². The van der Waals surface area contributed by atoms with Crippen LogP contribution < -0.4 is 5.56 Å². The molecule has 0 bridgehead atoms. The Morgan fingerprint density at radius 1 is 1.07 bits per heavy atom. The Balaban J connectivity index is 1.82. The molecule has 0 saturated heterocycles. The number of aromatic nitrogens is 5. The lowest BCUT2D eigenvalue weighted by atomic mass is 10.1. The van der Waals surface area contributed by atoms with Crippen LogP contribution in [0.25, 0.3) is 27.9 Å². The Labute approximate surface area is 168 Å². The van der Waals surface area contributed by atoms with Crippen LogP contribution in [0.5, 0.6) is 0 Å². The Morgan fingerprint density at radius 3 is 2.76 bits per heavy atom. The zero-order valence-corrected chi connectivity index (χ0v) is 15.7. The number of hydrogen-bond acceptors (Lipinski definition) is 4. The summed E-state index contributed by atoms with van der Waals surface area (Å²) in [6.45, 7) is 0.226. The highest BCUT2D eigenvalue weighted by Gasteiger charge is 2.18. The van der Waals surface area contributed by atoms with Gasteiger partial charge in [-0.25, -0.2) is 9.37 Å². The molecule has 0 spiro atoms. The lowest BCUT2D eigenvalue weighted by Gasteiger charge is -2.12. The maximum atomic E-state index is 13.6. The molecule has 5 aromatic rings. The molecule has 0 unspecified atom stereocenters. The normalized spacial score (nSPS) is 11.4. The van der Waals surface area contributed by atoms with Gasteiger partial charge in [0.15, 0.2) is 0 Å². The van der Waals surface area contributed by atoms with Crippen molar-refractivity contribution in [3.63, 3.8) is 0 Å². The van der Waals surface area contributed by atoms with Crippen LogP contribution in [-0.2, 0) is 6.54 Å². The van der Waals surface area contributed by atoms with E-state index in [0.717, 1.165) is 0 Å². The van der Waals surface area contributed by atoms with Crippen molar-refractivity contribution in [1.29, 1.82) is 0 Å². The van der Waals surface area contributed by atoms with E-state index < -0.39 is 0 Å². The molecule has 0 atom stereocenters. The van der Waals surface area contributed by atoms with Gasteiger partial charge in [-0.1, -0.05) is 41.9 Å². The predicted octanol–water partition coefficient (Wildman–Crippen LogP) is 3.95. The summed E-state index contributed by atoms with van der Waals surface area (Å²) in [7, 11) is 0. The van der Waals surface area contributed by atoms with Crippen LogP contribution in [0.15, 0.2) is 71.9 Å². The van der Waals surface area contributed by atoms with Crippen LogP contribution in [0, 0.1) is 5.82 Å². The van der Waals surface area contributed by atoms with Gasteiger partial charge in [-0.2, -0.15) is 14.6 Å². The molecule has 0 amide bonds. The second-order valence-electron chi connectivity index (χ2n) is 6.55. The zero-order chi connectivity index (χ0) is 20.0. The monoisotopic (exact) mass is 405 g/mol. The van der Waals surface area contributed by atoms with Gasteiger partial charge in [-0.15, -0.1) is 0 Å². The summed E-state index contributed by atoms with van der Waals surface area (Å²) in [4.78, 5) is 22.0. The summed E-state index contributed by atoms with van der Waals surface area (Å²) in [5.41, 5.74) is 2.07. The van der Waals surface area contributed by atoms with Gasteiger partial charge in [0.1, 0.15) is 12.1 Å². The number of hydrogen-bond donors (Lipinski definition) is 0. The molecule has 6 nitrogen and oxygen atoms in total. The molecule has 0 aliphatic rings. The SMILES string of the molecule is O=c1c2c(-c3ccccc3Cl)n3ncnc3nc2ccn1Cc1cccc(F)c1. The number of halogens is 2. The Kier molecular flexibility index (Phi) is 4.10. The molecule has 142 valence electrons. The molecule has 0 aliphatic heterocycles. The Morgan fingerprint density at radius 2 is 1.93 bits per heavy atom. The van der Waals surface area contributed by atoms with E-state index in [4.69, 9.17) is 11.6 Å². The standard InChI is InChI=1S/C21H13ClFN5O/c22-16-7-2-1-6-15(16)19-18-17(26-21-24-12-25-28(19)21)8-9-27(20(18)29)11-13-4-3-5-14(23)10-13/h1-10,12H,11H2. The summed E-state index contributed by atoms with van der Waals surface area (Å²) in [6, 6.07) is 15.1. The molecule has 0 saturated carbocycles. The molecule has 0 fully saturated rings. The Hall–Kier alpha value is -3.58. The van der Waals surface area contributed by atoms with Crippen LogP contribution in [0.3, 0.4) is 0 Å². The van der Waals surface area contributed by atoms with Crippen molar-refractivity contribution in [2.24, 2.45) is 0 Å². The van der Waals surface area contributed by atoms with Gasteiger partial charge in [0.05, 0.1) is 23.1 Å². The molecule has 3 aromatic heterocycles.